The van der Waals surface area contributed by atoms with E-state index in [0.29, 0.717) is 6.20 Å². The third-order valence-corrected chi connectivity index (χ3v) is 1.79. The largest absolute Gasteiger partial charge is 0.418 e. The summed E-state index contributed by atoms with van der Waals surface area (Å²) in [5.41, 5.74) is -1.34. The second-order valence-electron chi connectivity index (χ2n) is 2.30. The first kappa shape index (κ1) is 10.3. The van der Waals surface area contributed by atoms with Crippen LogP contribution in [0.5, 0.6) is 0 Å². The Balaban J connectivity index is 3.29. The van der Waals surface area contributed by atoms with Crippen LogP contribution in [0.4, 0.5) is 13.2 Å². The maximum absolute atomic E-state index is 12.2. The van der Waals surface area contributed by atoms with Crippen LogP contribution in [0, 0.1) is 0 Å². The van der Waals surface area contributed by atoms with Crippen molar-refractivity contribution in [2.45, 2.75) is 12.8 Å². The summed E-state index contributed by atoms with van der Waals surface area (Å²) in [6.45, 7) is -0.754. The van der Waals surface area contributed by atoms with Crippen molar-refractivity contribution in [2.24, 2.45) is 0 Å². The summed E-state index contributed by atoms with van der Waals surface area (Å²) < 4.78 is 36.6. The molecule has 0 spiro atoms. The molecule has 1 heterocycles. The van der Waals surface area contributed by atoms with Crippen LogP contribution in [0.1, 0.15) is 11.1 Å². The van der Waals surface area contributed by atoms with E-state index in [0.717, 1.165) is 6.20 Å². The third-order valence-electron chi connectivity index (χ3n) is 1.47. The van der Waals surface area contributed by atoms with E-state index in [4.69, 9.17) is 16.7 Å². The number of rotatable bonds is 1. The summed E-state index contributed by atoms with van der Waals surface area (Å²) in [5.74, 6) is 0. The molecule has 1 N–H and O–H groups in total. The van der Waals surface area contributed by atoms with E-state index in [9.17, 15) is 13.2 Å². The van der Waals surface area contributed by atoms with Gasteiger partial charge in [-0.1, -0.05) is 11.6 Å². The van der Waals surface area contributed by atoms with Crippen molar-refractivity contribution in [2.75, 3.05) is 0 Å². The van der Waals surface area contributed by atoms with Gasteiger partial charge in [0, 0.05) is 18.0 Å². The first-order valence-corrected chi connectivity index (χ1v) is 3.65. The maximum Gasteiger partial charge on any atom is 0.418 e. The van der Waals surface area contributed by atoms with Crippen LogP contribution in [0.3, 0.4) is 0 Å². The zero-order valence-electron chi connectivity index (χ0n) is 6.27. The number of aliphatic hydroxyl groups is 1. The fourth-order valence-corrected chi connectivity index (χ4v) is 1.08. The average Bonchev–Trinajstić information content (AvgIpc) is 2.02. The van der Waals surface area contributed by atoms with E-state index in [1.54, 1.807) is 0 Å². The van der Waals surface area contributed by atoms with E-state index in [2.05, 4.69) is 4.98 Å². The Labute approximate surface area is 77.0 Å². The molecule has 2 nitrogen and oxygen atoms in total. The number of hydrogen-bond acceptors (Lipinski definition) is 2. The van der Waals surface area contributed by atoms with Crippen LogP contribution in [-0.2, 0) is 12.8 Å². The van der Waals surface area contributed by atoms with Gasteiger partial charge in [0.1, 0.15) is 0 Å². The van der Waals surface area contributed by atoms with Crippen molar-refractivity contribution >= 4 is 11.6 Å². The van der Waals surface area contributed by atoms with Gasteiger partial charge in [0.25, 0.3) is 0 Å². The van der Waals surface area contributed by atoms with Gasteiger partial charge in [-0.15, -0.1) is 0 Å². The second-order valence-corrected chi connectivity index (χ2v) is 2.71. The predicted molar refractivity (Wildman–Crippen MR) is 40.2 cm³/mol. The first-order chi connectivity index (χ1) is 5.96. The Hall–Kier alpha value is -0.810. The van der Waals surface area contributed by atoms with Crippen molar-refractivity contribution in [1.82, 2.24) is 4.98 Å². The Morgan fingerprint density at radius 2 is 2.00 bits per heavy atom. The summed E-state index contributed by atoms with van der Waals surface area (Å²) in [5, 5.41) is 8.47. The molecule has 0 unspecified atom stereocenters. The number of aliphatic hydroxyl groups excluding tert-OH is 1. The molecule has 6 heteroatoms. The lowest BCUT2D eigenvalue weighted by atomic mass is 10.1. The lowest BCUT2D eigenvalue weighted by Crippen LogP contribution is -2.10. The van der Waals surface area contributed by atoms with Gasteiger partial charge in [0.15, 0.2) is 0 Å². The molecule has 0 aromatic carbocycles. The van der Waals surface area contributed by atoms with Gasteiger partial charge in [-0.2, -0.15) is 13.2 Å². The van der Waals surface area contributed by atoms with E-state index in [-0.39, 0.29) is 10.6 Å². The standard InChI is InChI=1S/C7H5ClF3NO/c8-6-2-12-1-5(4(6)3-13)7(9,10)11/h1-2,13H,3H2. The minimum absolute atomic E-state index is 0.183. The van der Waals surface area contributed by atoms with Crippen LogP contribution >= 0.6 is 11.6 Å². The molecule has 0 aliphatic heterocycles. The smallest absolute Gasteiger partial charge is 0.392 e. The van der Waals surface area contributed by atoms with Crippen molar-refractivity contribution in [3.8, 4) is 0 Å². The first-order valence-electron chi connectivity index (χ1n) is 3.27. The van der Waals surface area contributed by atoms with Gasteiger partial charge < -0.3 is 5.11 Å². The normalized spacial score (nSPS) is 11.8. The minimum atomic E-state index is -4.53. The van der Waals surface area contributed by atoms with Gasteiger partial charge in [-0.3, -0.25) is 4.98 Å². The lowest BCUT2D eigenvalue weighted by molar-refractivity contribution is -0.138. The predicted octanol–water partition coefficient (Wildman–Crippen LogP) is 2.25. The molecule has 1 rings (SSSR count). The highest BCUT2D eigenvalue weighted by Gasteiger charge is 2.34. The average molecular weight is 212 g/mol. The van der Waals surface area contributed by atoms with Crippen LogP contribution in [0.2, 0.25) is 5.02 Å². The highest BCUT2D eigenvalue weighted by atomic mass is 35.5. The topological polar surface area (TPSA) is 33.1 Å². The lowest BCUT2D eigenvalue weighted by Gasteiger charge is -2.11. The molecule has 0 radical (unpaired) electrons. The SMILES string of the molecule is OCc1c(Cl)cncc1C(F)(F)F. The summed E-state index contributed by atoms with van der Waals surface area (Å²) in [7, 11) is 0. The Bertz CT molecular complexity index is 313. The van der Waals surface area contributed by atoms with E-state index >= 15 is 0 Å². The second kappa shape index (κ2) is 3.51. The van der Waals surface area contributed by atoms with Crippen LogP contribution < -0.4 is 0 Å². The Morgan fingerprint density at radius 1 is 1.38 bits per heavy atom. The highest BCUT2D eigenvalue weighted by Crippen LogP contribution is 2.33. The van der Waals surface area contributed by atoms with Gasteiger partial charge >= 0.3 is 6.18 Å². The third kappa shape index (κ3) is 2.10. The van der Waals surface area contributed by atoms with Crippen LogP contribution in [-0.4, -0.2) is 10.1 Å². The van der Waals surface area contributed by atoms with Crippen LogP contribution in [0.15, 0.2) is 12.4 Å². The van der Waals surface area contributed by atoms with Crippen molar-refractivity contribution in [3.05, 3.63) is 28.5 Å². The maximum atomic E-state index is 12.2. The molecule has 13 heavy (non-hydrogen) atoms. The molecule has 1 aromatic heterocycles. The molecule has 0 saturated heterocycles. The molecule has 0 saturated carbocycles. The zero-order chi connectivity index (χ0) is 10.1. The minimum Gasteiger partial charge on any atom is -0.392 e. The summed E-state index contributed by atoms with van der Waals surface area (Å²) in [6.07, 6.45) is -2.84. The monoisotopic (exact) mass is 211 g/mol. The summed E-state index contributed by atoms with van der Waals surface area (Å²) >= 11 is 5.41. The van der Waals surface area contributed by atoms with Crippen molar-refractivity contribution in [1.29, 1.82) is 0 Å². The molecular weight excluding hydrogens is 207 g/mol. The molecule has 0 atom stereocenters. The Morgan fingerprint density at radius 3 is 2.38 bits per heavy atom. The molecule has 0 bridgehead atoms. The van der Waals surface area contributed by atoms with E-state index < -0.39 is 18.3 Å². The molecule has 0 amide bonds. The number of alkyl halides is 3. The molecule has 0 aliphatic carbocycles. The molecular formula is C7H5ClF3NO. The number of halogens is 4. The highest BCUT2D eigenvalue weighted by molar-refractivity contribution is 6.31. The van der Waals surface area contributed by atoms with Gasteiger partial charge in [-0.05, 0) is 0 Å². The molecule has 0 aliphatic rings. The number of nitrogens with zero attached hydrogens (tertiary/aromatic N) is 1. The quantitative estimate of drug-likeness (QED) is 0.773. The van der Waals surface area contributed by atoms with E-state index in [1.165, 1.54) is 0 Å². The zero-order valence-corrected chi connectivity index (χ0v) is 7.02. The van der Waals surface area contributed by atoms with E-state index in [1.807, 2.05) is 0 Å². The van der Waals surface area contributed by atoms with Gasteiger partial charge in [0.05, 0.1) is 17.2 Å². The van der Waals surface area contributed by atoms with Crippen molar-refractivity contribution in [3.63, 3.8) is 0 Å². The molecule has 72 valence electrons. The summed E-state index contributed by atoms with van der Waals surface area (Å²) in [6, 6.07) is 0. The van der Waals surface area contributed by atoms with Crippen LogP contribution in [0.25, 0.3) is 0 Å². The van der Waals surface area contributed by atoms with Gasteiger partial charge in [-0.25, -0.2) is 0 Å². The number of aromatic nitrogens is 1. The van der Waals surface area contributed by atoms with Gasteiger partial charge in [0.2, 0.25) is 0 Å². The number of pyridine rings is 1. The fourth-order valence-electron chi connectivity index (χ4n) is 0.867. The summed E-state index contributed by atoms with van der Waals surface area (Å²) in [4.78, 5) is 3.30. The fraction of sp³-hybridized carbons (Fsp3) is 0.286. The van der Waals surface area contributed by atoms with Crippen molar-refractivity contribution < 1.29 is 18.3 Å². The molecule has 1 aromatic rings. The Kier molecular flexibility index (Phi) is 2.77. The molecule has 0 fully saturated rings. The number of hydrogen-bond donors (Lipinski definition) is 1.